The number of ether oxygens (including phenoxy) is 1. The largest absolute Gasteiger partial charge is 0.456 e. The van der Waals surface area contributed by atoms with Crippen molar-refractivity contribution >= 4 is 45.8 Å². The number of hydrogen-bond donors (Lipinski definition) is 2. The highest BCUT2D eigenvalue weighted by molar-refractivity contribution is 7.14. The number of carbonyl (C=O) groups excluding carboxylic acids is 3. The molecule has 8 nitrogen and oxygen atoms in total. The SMILES string of the molecule is CC(=O)N(c1ccccc1)c1nc(COC(=O)c2cccc(NC(N)=O)c2)cs1. The molecule has 0 radical (unpaired) electrons. The van der Waals surface area contributed by atoms with E-state index >= 15 is 0 Å². The number of nitrogens with one attached hydrogen (secondary N) is 1. The predicted molar refractivity (Wildman–Crippen MR) is 110 cm³/mol. The van der Waals surface area contributed by atoms with Crippen LogP contribution in [0, 0.1) is 0 Å². The number of urea groups is 1. The highest BCUT2D eigenvalue weighted by Gasteiger charge is 2.18. The summed E-state index contributed by atoms with van der Waals surface area (Å²) in [6, 6.07) is 14.7. The summed E-state index contributed by atoms with van der Waals surface area (Å²) in [5, 5.41) is 4.62. The monoisotopic (exact) mass is 410 g/mol. The van der Waals surface area contributed by atoms with Gasteiger partial charge >= 0.3 is 12.0 Å². The van der Waals surface area contributed by atoms with Crippen LogP contribution < -0.4 is 16.0 Å². The van der Waals surface area contributed by atoms with Crippen molar-refractivity contribution in [3.8, 4) is 0 Å². The van der Waals surface area contributed by atoms with Gasteiger partial charge in [-0.25, -0.2) is 14.6 Å². The van der Waals surface area contributed by atoms with Crippen LogP contribution >= 0.6 is 11.3 Å². The van der Waals surface area contributed by atoms with E-state index in [9.17, 15) is 14.4 Å². The molecule has 1 heterocycles. The quantitative estimate of drug-likeness (QED) is 0.602. The van der Waals surface area contributed by atoms with Crippen LogP contribution in [0.1, 0.15) is 23.0 Å². The number of rotatable bonds is 6. The maximum absolute atomic E-state index is 12.3. The van der Waals surface area contributed by atoms with E-state index < -0.39 is 12.0 Å². The molecule has 0 saturated heterocycles. The van der Waals surface area contributed by atoms with Crippen LogP contribution in [0.4, 0.5) is 21.3 Å². The van der Waals surface area contributed by atoms with Gasteiger partial charge in [0.15, 0.2) is 5.13 Å². The number of nitrogens with two attached hydrogens (primary N) is 1. The average Bonchev–Trinajstić information content (AvgIpc) is 3.15. The van der Waals surface area contributed by atoms with Crippen molar-refractivity contribution in [1.29, 1.82) is 0 Å². The Labute approximate surface area is 170 Å². The van der Waals surface area contributed by atoms with Gasteiger partial charge in [0.05, 0.1) is 16.9 Å². The van der Waals surface area contributed by atoms with E-state index in [-0.39, 0.29) is 18.1 Å². The molecule has 0 unspecified atom stereocenters. The van der Waals surface area contributed by atoms with E-state index in [1.165, 1.54) is 29.2 Å². The molecule has 0 aliphatic heterocycles. The van der Waals surface area contributed by atoms with E-state index in [1.807, 2.05) is 30.3 Å². The Morgan fingerprint density at radius 1 is 1.14 bits per heavy atom. The Morgan fingerprint density at radius 2 is 1.90 bits per heavy atom. The Balaban J connectivity index is 1.68. The van der Waals surface area contributed by atoms with E-state index in [2.05, 4.69) is 10.3 Å². The van der Waals surface area contributed by atoms with Crippen molar-refractivity contribution in [3.63, 3.8) is 0 Å². The lowest BCUT2D eigenvalue weighted by Gasteiger charge is -2.17. The number of aromatic nitrogens is 1. The second-order valence-electron chi connectivity index (χ2n) is 5.96. The summed E-state index contributed by atoms with van der Waals surface area (Å²) in [6.07, 6.45) is 0. The van der Waals surface area contributed by atoms with Gasteiger partial charge in [-0.1, -0.05) is 24.3 Å². The second-order valence-corrected chi connectivity index (χ2v) is 6.79. The zero-order valence-corrected chi connectivity index (χ0v) is 16.3. The van der Waals surface area contributed by atoms with Gasteiger partial charge in [0.25, 0.3) is 0 Å². The van der Waals surface area contributed by atoms with Gasteiger partial charge in [-0.2, -0.15) is 0 Å². The molecule has 9 heteroatoms. The zero-order chi connectivity index (χ0) is 20.8. The maximum Gasteiger partial charge on any atom is 0.338 e. The minimum absolute atomic E-state index is 0.0522. The van der Waals surface area contributed by atoms with E-state index in [1.54, 1.807) is 23.6 Å². The summed E-state index contributed by atoms with van der Waals surface area (Å²) in [4.78, 5) is 41.2. The molecule has 0 bridgehead atoms. The number of para-hydroxylation sites is 1. The first-order chi connectivity index (χ1) is 13.9. The van der Waals surface area contributed by atoms with Crippen molar-refractivity contribution in [1.82, 2.24) is 4.98 Å². The fourth-order valence-electron chi connectivity index (χ4n) is 2.56. The lowest BCUT2D eigenvalue weighted by atomic mass is 10.2. The number of esters is 1. The lowest BCUT2D eigenvalue weighted by molar-refractivity contribution is -0.115. The molecule has 0 aliphatic carbocycles. The molecule has 148 valence electrons. The van der Waals surface area contributed by atoms with Crippen LogP contribution in [-0.2, 0) is 16.1 Å². The van der Waals surface area contributed by atoms with E-state index in [0.717, 1.165) is 0 Å². The number of anilines is 3. The van der Waals surface area contributed by atoms with Crippen molar-refractivity contribution < 1.29 is 19.1 Å². The molecule has 3 amide bonds. The van der Waals surface area contributed by atoms with Crippen molar-refractivity contribution in [3.05, 3.63) is 71.2 Å². The Kier molecular flexibility index (Phi) is 6.20. The van der Waals surface area contributed by atoms with Gasteiger partial charge in [-0.3, -0.25) is 9.69 Å². The molecule has 3 N–H and O–H groups in total. The molecule has 3 rings (SSSR count). The Hall–Kier alpha value is -3.72. The number of nitrogens with zero attached hydrogens (tertiary/aromatic N) is 2. The smallest absolute Gasteiger partial charge is 0.338 e. The second kappa shape index (κ2) is 8.98. The number of hydrogen-bond acceptors (Lipinski definition) is 6. The molecule has 0 saturated carbocycles. The topological polar surface area (TPSA) is 115 Å². The molecular weight excluding hydrogens is 392 g/mol. The molecule has 3 aromatic rings. The highest BCUT2D eigenvalue weighted by atomic mass is 32.1. The molecule has 0 aliphatic rings. The van der Waals surface area contributed by atoms with Gasteiger partial charge < -0.3 is 15.8 Å². The van der Waals surface area contributed by atoms with Crippen LogP contribution in [0.2, 0.25) is 0 Å². The van der Waals surface area contributed by atoms with Crippen LogP contribution in [-0.4, -0.2) is 22.9 Å². The number of primary amides is 1. The highest BCUT2D eigenvalue weighted by Crippen LogP contribution is 2.29. The molecule has 29 heavy (non-hydrogen) atoms. The first-order valence-corrected chi connectivity index (χ1v) is 9.46. The summed E-state index contributed by atoms with van der Waals surface area (Å²) < 4.78 is 5.29. The van der Waals surface area contributed by atoms with E-state index in [4.69, 9.17) is 10.5 Å². The summed E-state index contributed by atoms with van der Waals surface area (Å²) in [5.41, 5.74) is 6.96. The van der Waals surface area contributed by atoms with Crippen LogP contribution in [0.25, 0.3) is 0 Å². The summed E-state index contributed by atoms with van der Waals surface area (Å²) >= 11 is 1.28. The number of thiazole rings is 1. The third-order valence-electron chi connectivity index (χ3n) is 3.78. The minimum Gasteiger partial charge on any atom is -0.456 e. The Morgan fingerprint density at radius 3 is 2.59 bits per heavy atom. The van der Waals surface area contributed by atoms with Gasteiger partial charge in [0.1, 0.15) is 6.61 Å². The van der Waals surface area contributed by atoms with E-state index in [0.29, 0.717) is 22.2 Å². The van der Waals surface area contributed by atoms with Gasteiger partial charge in [0, 0.05) is 18.0 Å². The number of benzene rings is 2. The van der Waals surface area contributed by atoms with Crippen LogP contribution in [0.3, 0.4) is 0 Å². The maximum atomic E-state index is 12.3. The molecule has 2 aromatic carbocycles. The standard InChI is InChI=1S/C20H18N4O4S/c1-13(25)24(17-8-3-2-4-9-17)20-23-16(12-29-20)11-28-18(26)14-6-5-7-15(10-14)22-19(21)27/h2-10,12H,11H2,1H3,(H3,21,22,27). The summed E-state index contributed by atoms with van der Waals surface area (Å²) in [5.74, 6) is -0.744. The van der Waals surface area contributed by atoms with Crippen molar-refractivity contribution in [2.75, 3.05) is 10.2 Å². The van der Waals surface area contributed by atoms with Crippen molar-refractivity contribution in [2.45, 2.75) is 13.5 Å². The first kappa shape index (κ1) is 20.0. The summed E-state index contributed by atoms with van der Waals surface area (Å²) in [7, 11) is 0. The fourth-order valence-corrected chi connectivity index (χ4v) is 3.43. The number of carbonyl (C=O) groups is 3. The molecule has 1 aromatic heterocycles. The fraction of sp³-hybridized carbons (Fsp3) is 0.100. The molecular formula is C20H18N4O4S. The third kappa shape index (κ3) is 5.17. The third-order valence-corrected chi connectivity index (χ3v) is 4.65. The number of amides is 3. The zero-order valence-electron chi connectivity index (χ0n) is 15.5. The minimum atomic E-state index is -0.723. The van der Waals surface area contributed by atoms with Gasteiger partial charge in [0.2, 0.25) is 5.91 Å². The molecule has 0 fully saturated rings. The summed E-state index contributed by atoms with van der Waals surface area (Å²) in [6.45, 7) is 1.41. The normalized spacial score (nSPS) is 10.2. The van der Waals surface area contributed by atoms with Crippen LogP contribution in [0.15, 0.2) is 60.0 Å². The Bertz CT molecular complexity index is 1040. The first-order valence-electron chi connectivity index (χ1n) is 8.58. The van der Waals surface area contributed by atoms with Gasteiger partial charge in [-0.15, -0.1) is 11.3 Å². The van der Waals surface area contributed by atoms with Gasteiger partial charge in [-0.05, 0) is 30.3 Å². The predicted octanol–water partition coefficient (Wildman–Crippen LogP) is 3.68. The lowest BCUT2D eigenvalue weighted by Crippen LogP contribution is -2.22. The molecule has 0 spiro atoms. The van der Waals surface area contributed by atoms with Crippen LogP contribution in [0.5, 0.6) is 0 Å². The average molecular weight is 410 g/mol. The molecule has 0 atom stereocenters. The van der Waals surface area contributed by atoms with Crippen molar-refractivity contribution in [2.24, 2.45) is 5.73 Å².